The average Bonchev–Trinajstić information content (AvgIpc) is 1.55. The maximum atomic E-state index is 6.63. The summed E-state index contributed by atoms with van der Waals surface area (Å²) in [7, 11) is 0. The minimum Gasteiger partial charge on any atom is -0.457 e. The SMILES string of the molecule is CCc1cc(Oc2ccc(C3(c4ccc(Oc5ccccc5)cc4)c4ccccc4-c4ccc(N(c5ccccc5)c5ccc(-c6ccc(N(c7ccccc7)c7ccc8c(c7)C(c7ccc(Oc9ccccc9)cc7)(c7ccc(Oc9ccc%10c(c9)CC%10)cc7)c7ccccc7-8)cc6)cc5)cc43)cc2)ccc1C. The summed E-state index contributed by atoms with van der Waals surface area (Å²) in [4.78, 5) is 4.77. The van der Waals surface area contributed by atoms with Crippen molar-refractivity contribution in [2.75, 3.05) is 9.80 Å². The van der Waals surface area contributed by atoms with E-state index in [4.69, 9.17) is 18.9 Å². The Balaban J connectivity index is 0.678. The summed E-state index contributed by atoms with van der Waals surface area (Å²) in [5, 5.41) is 0. The van der Waals surface area contributed by atoms with Gasteiger partial charge in [-0.1, -0.05) is 225 Å². The second-order valence-electron chi connectivity index (χ2n) is 28.5. The number of anilines is 6. The number of ether oxygens (including phenoxy) is 4. The van der Waals surface area contributed by atoms with Crippen LogP contribution in [0.4, 0.5) is 34.1 Å². The van der Waals surface area contributed by atoms with Crippen LogP contribution < -0.4 is 28.7 Å². The van der Waals surface area contributed by atoms with Crippen molar-refractivity contribution >= 4 is 34.1 Å². The van der Waals surface area contributed by atoms with Crippen molar-refractivity contribution in [3.63, 3.8) is 0 Å². The highest BCUT2D eigenvalue weighted by atomic mass is 16.5. The molecule has 0 amide bonds. The van der Waals surface area contributed by atoms with E-state index >= 15 is 0 Å². The molecule has 0 N–H and O–H groups in total. The number of rotatable bonds is 20. The maximum Gasteiger partial charge on any atom is 0.127 e. The number of aryl methyl sites for hydroxylation is 4. The maximum absolute atomic E-state index is 6.63. The molecule has 0 aliphatic heterocycles. The van der Waals surface area contributed by atoms with Crippen molar-refractivity contribution in [2.45, 2.75) is 43.9 Å². The minimum absolute atomic E-state index is 0.732. The molecule has 3 aliphatic rings. The molecule has 0 heterocycles. The molecule has 0 radical (unpaired) electrons. The Morgan fingerprint density at radius 1 is 0.248 bits per heavy atom. The zero-order valence-corrected chi connectivity index (χ0v) is 60.6. The van der Waals surface area contributed by atoms with Crippen molar-refractivity contribution in [1.82, 2.24) is 0 Å². The molecule has 109 heavy (non-hydrogen) atoms. The largest absolute Gasteiger partial charge is 0.457 e. The van der Waals surface area contributed by atoms with Crippen molar-refractivity contribution in [2.24, 2.45) is 0 Å². The fourth-order valence-corrected chi connectivity index (χ4v) is 17.0. The van der Waals surface area contributed by atoms with Gasteiger partial charge in [0, 0.05) is 34.1 Å². The Morgan fingerprint density at radius 3 is 0.945 bits per heavy atom. The quantitative estimate of drug-likeness (QED) is 0.0758. The zero-order chi connectivity index (χ0) is 72.8. The van der Waals surface area contributed by atoms with Gasteiger partial charge in [0.2, 0.25) is 0 Å². The van der Waals surface area contributed by atoms with Gasteiger partial charge in [0.05, 0.1) is 10.8 Å². The van der Waals surface area contributed by atoms with Crippen molar-refractivity contribution in [3.8, 4) is 79.4 Å². The molecule has 0 bridgehead atoms. The van der Waals surface area contributed by atoms with E-state index in [1.165, 1.54) is 66.8 Å². The first-order valence-corrected chi connectivity index (χ1v) is 37.7. The summed E-state index contributed by atoms with van der Waals surface area (Å²) >= 11 is 0. The van der Waals surface area contributed by atoms with Gasteiger partial charge < -0.3 is 28.7 Å². The summed E-state index contributed by atoms with van der Waals surface area (Å²) in [6.45, 7) is 4.35. The van der Waals surface area contributed by atoms with Gasteiger partial charge in [-0.05, 0) is 296 Å². The van der Waals surface area contributed by atoms with E-state index < -0.39 is 10.8 Å². The first-order chi connectivity index (χ1) is 53.8. The summed E-state index contributed by atoms with van der Waals surface area (Å²) in [6, 6.07) is 139. The number of benzene rings is 16. The van der Waals surface area contributed by atoms with Gasteiger partial charge in [-0.3, -0.25) is 0 Å². The molecule has 0 spiro atoms. The lowest BCUT2D eigenvalue weighted by Crippen LogP contribution is -2.28. The van der Waals surface area contributed by atoms with Crippen LogP contribution in [0.5, 0.6) is 46.0 Å². The lowest BCUT2D eigenvalue weighted by atomic mass is 9.67. The lowest BCUT2D eigenvalue weighted by Gasteiger charge is -2.35. The highest BCUT2D eigenvalue weighted by Crippen LogP contribution is 2.60. The predicted molar refractivity (Wildman–Crippen MR) is 443 cm³/mol. The molecular weight excluding hydrogens is 1330 g/mol. The van der Waals surface area contributed by atoms with Gasteiger partial charge >= 0.3 is 0 Å². The zero-order valence-electron chi connectivity index (χ0n) is 60.6. The highest BCUT2D eigenvalue weighted by molar-refractivity contribution is 5.92. The molecule has 2 atom stereocenters. The van der Waals surface area contributed by atoms with Crippen LogP contribution in [0.15, 0.2) is 388 Å². The molecule has 0 saturated heterocycles. The van der Waals surface area contributed by atoms with Crippen molar-refractivity contribution in [3.05, 3.63) is 455 Å². The summed E-state index contributed by atoms with van der Waals surface area (Å²) in [6.07, 6.45) is 3.16. The summed E-state index contributed by atoms with van der Waals surface area (Å²) < 4.78 is 26.1. The fraction of sp³-hybridized carbons (Fsp3) is 0.0680. The minimum atomic E-state index is -0.741. The molecule has 522 valence electrons. The Bertz CT molecular complexity index is 5980. The summed E-state index contributed by atoms with van der Waals surface area (Å²) in [5.74, 6) is 6.37. The van der Waals surface area contributed by atoms with Gasteiger partial charge in [0.15, 0.2) is 0 Å². The predicted octanol–water partition coefficient (Wildman–Crippen LogP) is 27.2. The molecule has 0 aromatic heterocycles. The standard InChI is InChI=1S/C103H76N2O4/c1-3-71-66-92(54-32-70(71)2)108-90-60-44-78(45-61-90)102(76-40-56-88(57-41-76)106-86-24-12-6-13-25-86)98-30-18-16-28-94(98)96-64-52-84(68-100(96)102)104(80-20-8-4-9-21-80)82-48-35-72(36-49-82)73-37-50-83(51-38-73)105(81-22-10-5-11-23-81)85-53-65-97-95-29-17-19-31-99(95)103(101(97)69-85,77-42-58-89(59-43-77)107-87-26-14-7-15-27-87)79-46-62-91(63-47-79)109-93-55-39-74-33-34-75(74)67-93/h4-32,35-69H,3,33-34H2,1-2H3. The topological polar surface area (TPSA) is 43.4 Å². The number of fused-ring (bicyclic) bond motifs is 7. The van der Waals surface area contributed by atoms with Gasteiger partial charge in [-0.25, -0.2) is 0 Å². The second-order valence-corrected chi connectivity index (χ2v) is 28.5. The van der Waals surface area contributed by atoms with E-state index in [1.807, 2.05) is 60.7 Å². The Labute approximate surface area is 637 Å². The molecule has 6 nitrogen and oxygen atoms in total. The molecule has 0 fully saturated rings. The molecule has 0 saturated carbocycles. The Morgan fingerprint density at radius 2 is 0.560 bits per heavy atom. The third kappa shape index (κ3) is 12.0. The van der Waals surface area contributed by atoms with Crippen molar-refractivity contribution < 1.29 is 18.9 Å². The van der Waals surface area contributed by atoms with Crippen LogP contribution in [-0.4, -0.2) is 0 Å². The number of hydrogen-bond donors (Lipinski definition) is 0. The van der Waals surface area contributed by atoms with Crippen LogP contribution in [-0.2, 0) is 30.1 Å². The van der Waals surface area contributed by atoms with E-state index in [2.05, 4.69) is 351 Å². The number of nitrogens with zero attached hydrogens (tertiary/aromatic N) is 2. The average molecular weight is 1410 g/mol. The van der Waals surface area contributed by atoms with E-state index in [-0.39, 0.29) is 0 Å². The number of para-hydroxylation sites is 4. The molecule has 2 unspecified atom stereocenters. The van der Waals surface area contributed by atoms with Crippen LogP contribution in [0.3, 0.4) is 0 Å². The van der Waals surface area contributed by atoms with Crippen LogP contribution >= 0.6 is 0 Å². The van der Waals surface area contributed by atoms with E-state index in [1.54, 1.807) is 0 Å². The molecule has 6 heteroatoms. The van der Waals surface area contributed by atoms with Crippen LogP contribution in [0.2, 0.25) is 0 Å². The first kappa shape index (κ1) is 66.0. The monoisotopic (exact) mass is 1400 g/mol. The molecule has 19 rings (SSSR count). The fourth-order valence-electron chi connectivity index (χ4n) is 17.0. The molecule has 3 aliphatic carbocycles. The van der Waals surface area contributed by atoms with E-state index in [0.29, 0.717) is 0 Å². The van der Waals surface area contributed by atoms with Crippen LogP contribution in [0.25, 0.3) is 33.4 Å². The first-order valence-electron chi connectivity index (χ1n) is 37.7. The third-order valence-corrected chi connectivity index (χ3v) is 22.3. The number of hydrogen-bond acceptors (Lipinski definition) is 6. The highest BCUT2D eigenvalue weighted by Gasteiger charge is 2.48. The summed E-state index contributed by atoms with van der Waals surface area (Å²) in [5.41, 5.74) is 26.3. The normalized spacial score (nSPS) is 14.7. The second kappa shape index (κ2) is 28.0. The van der Waals surface area contributed by atoms with E-state index in [9.17, 15) is 0 Å². The Hall–Kier alpha value is -13.7. The lowest BCUT2D eigenvalue weighted by molar-refractivity contribution is 0.480. The van der Waals surface area contributed by atoms with Crippen molar-refractivity contribution in [1.29, 1.82) is 0 Å². The van der Waals surface area contributed by atoms with Gasteiger partial charge in [0.1, 0.15) is 46.0 Å². The van der Waals surface area contributed by atoms with E-state index in [0.717, 1.165) is 133 Å². The third-order valence-electron chi connectivity index (χ3n) is 22.3. The smallest absolute Gasteiger partial charge is 0.127 e. The van der Waals surface area contributed by atoms with Gasteiger partial charge in [0.25, 0.3) is 0 Å². The molecule has 16 aromatic rings. The molecular formula is C103H76N2O4. The van der Waals surface area contributed by atoms with Crippen LogP contribution in [0.1, 0.15) is 73.7 Å². The molecule has 16 aromatic carbocycles. The van der Waals surface area contributed by atoms with Gasteiger partial charge in [-0.2, -0.15) is 0 Å². The van der Waals surface area contributed by atoms with Crippen LogP contribution in [0, 0.1) is 6.92 Å². The van der Waals surface area contributed by atoms with Gasteiger partial charge in [-0.15, -0.1) is 0 Å². The Kier molecular flexibility index (Phi) is 17.0.